The molecule has 3 saturated heterocycles. The van der Waals surface area contributed by atoms with Gasteiger partial charge in [0.15, 0.2) is 0 Å². The molecule has 1 spiro atoms. The highest BCUT2D eigenvalue weighted by Crippen LogP contribution is 2.69. The Morgan fingerprint density at radius 3 is 2.51 bits per heavy atom. The summed E-state index contributed by atoms with van der Waals surface area (Å²) in [5.41, 5.74) is 0.545. The van der Waals surface area contributed by atoms with Crippen LogP contribution in [0.15, 0.2) is 49.6 Å². The molecule has 0 radical (unpaired) electrons. The van der Waals surface area contributed by atoms with Crippen molar-refractivity contribution < 1.29 is 19.5 Å². The Balaban J connectivity index is 1.89. The van der Waals surface area contributed by atoms with Crippen LogP contribution < -0.4 is 4.90 Å². The van der Waals surface area contributed by atoms with E-state index in [0.717, 1.165) is 12.8 Å². The molecule has 2 bridgehead atoms. The quantitative estimate of drug-likeness (QED) is 0.400. The lowest BCUT2D eigenvalue weighted by Crippen LogP contribution is -2.60. The van der Waals surface area contributed by atoms with Gasteiger partial charge < -0.3 is 19.8 Å². The Labute approximate surface area is 241 Å². The molecule has 3 aliphatic heterocycles. The lowest BCUT2D eigenvalue weighted by Gasteiger charge is -2.43. The van der Waals surface area contributed by atoms with Crippen molar-refractivity contribution in [3.63, 3.8) is 0 Å². The lowest BCUT2D eigenvalue weighted by atomic mass is 9.65. The van der Waals surface area contributed by atoms with E-state index in [-0.39, 0.29) is 48.0 Å². The molecule has 3 unspecified atom stereocenters. The number of nitrogens with zero attached hydrogens (tertiary/aromatic N) is 3. The number of likely N-dealkylation sites (tertiary alicyclic amines) is 1. The van der Waals surface area contributed by atoms with Crippen LogP contribution in [0, 0.1) is 23.7 Å². The van der Waals surface area contributed by atoms with Crippen LogP contribution in [-0.4, -0.2) is 81.5 Å². The Morgan fingerprint density at radius 2 is 1.92 bits per heavy atom. The summed E-state index contributed by atoms with van der Waals surface area (Å²) in [4.78, 5) is 47.9. The second kappa shape index (κ2) is 11.7. The van der Waals surface area contributed by atoms with Crippen LogP contribution in [0.4, 0.5) is 5.69 Å². The average Bonchev–Trinajstić information content (AvgIpc) is 3.51. The minimum absolute atomic E-state index is 0.0160. The number of anilines is 1. The molecule has 3 amide bonds. The van der Waals surface area contributed by atoms with Crippen LogP contribution in [0.1, 0.15) is 33.6 Å². The van der Waals surface area contributed by atoms with E-state index in [4.69, 9.17) is 11.6 Å². The molecular formula is C30H40ClN3O4S. The molecule has 1 N–H and O–H groups in total. The summed E-state index contributed by atoms with van der Waals surface area (Å²) in [6, 6.07) is 5.74. The van der Waals surface area contributed by atoms with Crippen molar-refractivity contribution in [2.45, 2.75) is 55.7 Å². The normalized spacial score (nSPS) is 30.6. The molecule has 3 heterocycles. The second-order valence-corrected chi connectivity index (χ2v) is 13.1. The number of aliphatic hydroxyl groups is 1. The van der Waals surface area contributed by atoms with Crippen molar-refractivity contribution in [1.29, 1.82) is 0 Å². The number of hydrogen-bond donors (Lipinski definition) is 1. The predicted octanol–water partition coefficient (Wildman–Crippen LogP) is 4.25. The molecule has 9 heteroatoms. The number of halogens is 1. The first-order valence-electron chi connectivity index (χ1n) is 13.7. The molecule has 212 valence electrons. The highest BCUT2D eigenvalue weighted by molar-refractivity contribution is 8.02. The Hall–Kier alpha value is -2.29. The summed E-state index contributed by atoms with van der Waals surface area (Å²) in [6.07, 6.45) is 4.79. The number of rotatable bonds is 11. The molecule has 0 aromatic heterocycles. The standard InChI is InChI=1S/C30H40ClN3O4S/c1-7-14-32(6)27(36)24-23-16-19(5)30(39-23)25(24)28(37)34(22(17-35)18(4)9-3)26(30)29(38)33(15-8-2)21-13-11-10-12-20(21)31/h7-8,10-13,18-19,22-26,35H,1-2,9,14-17H2,3-6H3/t18-,19?,22-,23+,24-,25-,26?,30?/m0/s1. The van der Waals surface area contributed by atoms with E-state index in [1.165, 1.54) is 0 Å². The third kappa shape index (κ3) is 4.62. The fourth-order valence-electron chi connectivity index (χ4n) is 6.99. The van der Waals surface area contributed by atoms with E-state index >= 15 is 0 Å². The minimum Gasteiger partial charge on any atom is -0.394 e. The van der Waals surface area contributed by atoms with Gasteiger partial charge >= 0.3 is 0 Å². The highest BCUT2D eigenvalue weighted by Gasteiger charge is 2.77. The maximum atomic E-state index is 14.8. The summed E-state index contributed by atoms with van der Waals surface area (Å²) in [5, 5.41) is 11.0. The summed E-state index contributed by atoms with van der Waals surface area (Å²) in [7, 11) is 1.73. The van der Waals surface area contributed by atoms with Crippen LogP contribution in [0.3, 0.4) is 0 Å². The van der Waals surface area contributed by atoms with Crippen molar-refractivity contribution in [2.75, 3.05) is 31.6 Å². The van der Waals surface area contributed by atoms with E-state index in [9.17, 15) is 19.5 Å². The number of para-hydroxylation sites is 1. The molecule has 3 fully saturated rings. The van der Waals surface area contributed by atoms with Gasteiger partial charge in [-0.25, -0.2) is 0 Å². The largest absolute Gasteiger partial charge is 0.394 e. The van der Waals surface area contributed by atoms with Crippen LogP contribution in [0.2, 0.25) is 5.02 Å². The fraction of sp³-hybridized carbons (Fsp3) is 0.567. The number of benzene rings is 1. The van der Waals surface area contributed by atoms with E-state index in [2.05, 4.69) is 20.1 Å². The molecule has 0 saturated carbocycles. The lowest BCUT2D eigenvalue weighted by molar-refractivity contribution is -0.145. The van der Waals surface area contributed by atoms with Crippen LogP contribution >= 0.6 is 23.4 Å². The van der Waals surface area contributed by atoms with Crippen molar-refractivity contribution in [1.82, 2.24) is 9.80 Å². The van der Waals surface area contributed by atoms with Crippen molar-refractivity contribution in [3.05, 3.63) is 54.6 Å². The summed E-state index contributed by atoms with van der Waals surface area (Å²) in [6.45, 7) is 14.1. The average molecular weight is 574 g/mol. The van der Waals surface area contributed by atoms with E-state index in [1.54, 1.807) is 63.9 Å². The maximum absolute atomic E-state index is 14.8. The molecular weight excluding hydrogens is 534 g/mol. The monoisotopic (exact) mass is 573 g/mol. The minimum atomic E-state index is -0.857. The molecule has 7 nitrogen and oxygen atoms in total. The first-order chi connectivity index (χ1) is 18.6. The number of hydrogen-bond acceptors (Lipinski definition) is 5. The van der Waals surface area contributed by atoms with Gasteiger partial charge in [-0.3, -0.25) is 14.4 Å². The summed E-state index contributed by atoms with van der Waals surface area (Å²) in [5.74, 6) is -1.78. The van der Waals surface area contributed by atoms with Crippen LogP contribution in [0.25, 0.3) is 0 Å². The molecule has 4 rings (SSSR count). The molecule has 39 heavy (non-hydrogen) atoms. The van der Waals surface area contributed by atoms with Gasteiger partial charge in [-0.05, 0) is 30.4 Å². The molecule has 8 atom stereocenters. The number of aliphatic hydroxyl groups excluding tert-OH is 1. The predicted molar refractivity (Wildman–Crippen MR) is 158 cm³/mol. The van der Waals surface area contributed by atoms with Gasteiger partial charge in [0.05, 0.1) is 39.9 Å². The Bertz CT molecular complexity index is 1150. The van der Waals surface area contributed by atoms with E-state index in [1.807, 2.05) is 19.9 Å². The van der Waals surface area contributed by atoms with Gasteiger partial charge in [-0.2, -0.15) is 0 Å². The second-order valence-electron chi connectivity index (χ2n) is 11.1. The first kappa shape index (κ1) is 29.7. The van der Waals surface area contributed by atoms with Crippen molar-refractivity contribution in [2.24, 2.45) is 23.7 Å². The fourth-order valence-corrected chi connectivity index (χ4v) is 9.62. The number of likely N-dealkylation sites (N-methyl/N-ethyl adjacent to an activating group) is 1. The molecule has 3 aliphatic rings. The smallest absolute Gasteiger partial charge is 0.251 e. The first-order valence-corrected chi connectivity index (χ1v) is 15.0. The Kier molecular flexibility index (Phi) is 8.89. The van der Waals surface area contributed by atoms with Gasteiger partial charge in [-0.15, -0.1) is 24.9 Å². The molecule has 1 aromatic rings. The Morgan fingerprint density at radius 1 is 1.26 bits per heavy atom. The maximum Gasteiger partial charge on any atom is 0.251 e. The highest BCUT2D eigenvalue weighted by atomic mass is 35.5. The third-order valence-corrected chi connectivity index (χ3v) is 11.4. The number of carbonyl (C=O) groups excluding carboxylic acids is 3. The SMILES string of the molecule is C=CCN(C)C(=O)[C@@H]1[C@H]2C(=O)N([C@@H](CO)[C@@H](C)CC)C(C(=O)N(CC=C)c3ccccc3Cl)C23S[C@@H]1CC3C. The van der Waals surface area contributed by atoms with Gasteiger partial charge in [0.2, 0.25) is 11.8 Å². The van der Waals surface area contributed by atoms with Crippen molar-refractivity contribution in [3.8, 4) is 0 Å². The van der Waals surface area contributed by atoms with Gasteiger partial charge in [0, 0.05) is 25.4 Å². The zero-order valence-electron chi connectivity index (χ0n) is 23.3. The summed E-state index contributed by atoms with van der Waals surface area (Å²) >= 11 is 8.20. The molecule has 0 aliphatic carbocycles. The van der Waals surface area contributed by atoms with Crippen LogP contribution in [-0.2, 0) is 14.4 Å². The van der Waals surface area contributed by atoms with Gasteiger partial charge in [-0.1, -0.05) is 63.1 Å². The zero-order valence-corrected chi connectivity index (χ0v) is 24.8. The van der Waals surface area contributed by atoms with E-state index in [0.29, 0.717) is 17.3 Å². The molecule has 1 aromatic carbocycles. The number of fused-ring (bicyclic) bond motifs is 1. The summed E-state index contributed by atoms with van der Waals surface area (Å²) < 4.78 is -0.796. The van der Waals surface area contributed by atoms with Gasteiger partial charge in [0.25, 0.3) is 5.91 Å². The topological polar surface area (TPSA) is 81.2 Å². The number of carbonyl (C=O) groups is 3. The third-order valence-electron chi connectivity index (χ3n) is 9.05. The zero-order chi connectivity index (χ0) is 28.6. The van der Waals surface area contributed by atoms with Crippen LogP contribution in [0.5, 0.6) is 0 Å². The van der Waals surface area contributed by atoms with Crippen molar-refractivity contribution >= 4 is 46.8 Å². The number of amides is 3. The number of thioether (sulfide) groups is 1. The van der Waals surface area contributed by atoms with E-state index < -0.39 is 28.7 Å². The van der Waals surface area contributed by atoms with Gasteiger partial charge in [0.1, 0.15) is 6.04 Å².